The van der Waals surface area contributed by atoms with Crippen LogP contribution < -0.4 is 10.1 Å². The van der Waals surface area contributed by atoms with Gasteiger partial charge in [-0.25, -0.2) is 0 Å². The lowest BCUT2D eigenvalue weighted by Gasteiger charge is -2.25. The molecule has 3 aliphatic rings. The number of nitrogens with zero attached hydrogens (tertiary/aromatic N) is 2. The third kappa shape index (κ3) is 4.04. The molecule has 0 spiro atoms. The number of hydrogen-bond donors (Lipinski definition) is 2. The molecular formula is C25H27N3O4. The van der Waals surface area contributed by atoms with Crippen LogP contribution in [0.4, 0.5) is 0 Å². The molecule has 2 amide bonds. The van der Waals surface area contributed by atoms with E-state index in [2.05, 4.69) is 11.9 Å². The molecule has 0 saturated heterocycles. The Kier molecular flexibility index (Phi) is 6.12. The van der Waals surface area contributed by atoms with E-state index in [-0.39, 0.29) is 24.1 Å². The molecule has 0 radical (unpaired) electrons. The molecule has 2 aliphatic heterocycles. The molecule has 0 bridgehead atoms. The van der Waals surface area contributed by atoms with Crippen molar-refractivity contribution in [3.05, 3.63) is 84.3 Å². The number of carbonyl (C=O) groups excluding carboxylic acids is 2. The molecule has 4 rings (SSSR count). The van der Waals surface area contributed by atoms with Gasteiger partial charge in [0.15, 0.2) is 0 Å². The fourth-order valence-electron chi connectivity index (χ4n) is 4.35. The standard InChI is InChI=1S/C25H27N3O4/c1-4-28-14-19(17-9-5-7-11-20(17)28)23-22(24(30)26-25(23)31)18-10-6-8-12-21(18)32-15-16(29)13-27(2)3/h4-12,14,16-17,20,29H,1,13,15H2,2-3H3,(H,26,30,31). The van der Waals surface area contributed by atoms with Gasteiger partial charge in [-0.05, 0) is 31.9 Å². The van der Waals surface area contributed by atoms with Gasteiger partial charge < -0.3 is 19.6 Å². The van der Waals surface area contributed by atoms with E-state index in [4.69, 9.17) is 4.74 Å². The van der Waals surface area contributed by atoms with Gasteiger partial charge in [0.1, 0.15) is 18.5 Å². The summed E-state index contributed by atoms with van der Waals surface area (Å²) in [7, 11) is 3.74. The lowest BCUT2D eigenvalue weighted by Crippen LogP contribution is -2.30. The smallest absolute Gasteiger partial charge is 0.259 e. The number of para-hydroxylation sites is 1. The van der Waals surface area contributed by atoms with Crippen LogP contribution in [0, 0.1) is 5.92 Å². The molecular weight excluding hydrogens is 406 g/mol. The molecule has 166 valence electrons. The number of aliphatic hydroxyl groups is 1. The molecule has 2 N–H and O–H groups in total. The van der Waals surface area contributed by atoms with E-state index in [1.165, 1.54) is 0 Å². The van der Waals surface area contributed by atoms with Crippen LogP contribution in [0.15, 0.2) is 78.7 Å². The Morgan fingerprint density at radius 1 is 1.19 bits per heavy atom. The summed E-state index contributed by atoms with van der Waals surface area (Å²) in [5, 5.41) is 12.6. The van der Waals surface area contributed by atoms with Crippen LogP contribution in [0.1, 0.15) is 5.56 Å². The summed E-state index contributed by atoms with van der Waals surface area (Å²) in [5.41, 5.74) is 1.91. The molecule has 7 heteroatoms. The third-order valence-electron chi connectivity index (χ3n) is 5.69. The summed E-state index contributed by atoms with van der Waals surface area (Å²) >= 11 is 0. The molecule has 3 atom stereocenters. The summed E-state index contributed by atoms with van der Waals surface area (Å²) in [4.78, 5) is 29.6. The zero-order valence-electron chi connectivity index (χ0n) is 18.2. The number of ether oxygens (including phenoxy) is 1. The molecule has 1 aromatic rings. The summed E-state index contributed by atoms with van der Waals surface area (Å²) in [6, 6.07) is 7.10. The predicted molar refractivity (Wildman–Crippen MR) is 122 cm³/mol. The molecule has 3 unspecified atom stereocenters. The number of carbonyl (C=O) groups is 2. The van der Waals surface area contributed by atoms with E-state index in [9.17, 15) is 14.7 Å². The average Bonchev–Trinajstić information content (AvgIpc) is 3.28. The number of nitrogens with one attached hydrogen (secondary N) is 1. The second kappa shape index (κ2) is 8.98. The largest absolute Gasteiger partial charge is 0.490 e. The van der Waals surface area contributed by atoms with Gasteiger partial charge in [0.2, 0.25) is 0 Å². The van der Waals surface area contributed by atoms with Crippen molar-refractivity contribution in [2.75, 3.05) is 27.2 Å². The minimum Gasteiger partial charge on any atom is -0.490 e. The minimum atomic E-state index is -0.691. The van der Waals surface area contributed by atoms with Crippen molar-refractivity contribution in [2.24, 2.45) is 5.92 Å². The molecule has 0 fully saturated rings. The number of allylic oxidation sites excluding steroid dienone is 2. The molecule has 0 saturated carbocycles. The first-order chi connectivity index (χ1) is 15.4. The van der Waals surface area contributed by atoms with E-state index >= 15 is 0 Å². The third-order valence-corrected chi connectivity index (χ3v) is 5.69. The van der Waals surface area contributed by atoms with Crippen LogP contribution in [-0.4, -0.2) is 66.1 Å². The van der Waals surface area contributed by atoms with E-state index in [1.807, 2.05) is 54.4 Å². The summed E-state index contributed by atoms with van der Waals surface area (Å²) in [6.45, 7) is 4.39. The lowest BCUT2D eigenvalue weighted by atomic mass is 9.84. The van der Waals surface area contributed by atoms with Crippen LogP contribution in [-0.2, 0) is 9.59 Å². The van der Waals surface area contributed by atoms with Crippen molar-refractivity contribution in [1.82, 2.24) is 15.1 Å². The van der Waals surface area contributed by atoms with E-state index < -0.39 is 17.9 Å². The van der Waals surface area contributed by atoms with Gasteiger partial charge in [-0.2, -0.15) is 0 Å². The Morgan fingerprint density at radius 3 is 2.66 bits per heavy atom. The van der Waals surface area contributed by atoms with Crippen molar-refractivity contribution in [1.29, 1.82) is 0 Å². The minimum absolute atomic E-state index is 0.0115. The fourth-order valence-corrected chi connectivity index (χ4v) is 4.35. The van der Waals surface area contributed by atoms with Crippen LogP contribution >= 0.6 is 0 Å². The Morgan fingerprint density at radius 2 is 1.91 bits per heavy atom. The van der Waals surface area contributed by atoms with Gasteiger partial charge in [0.25, 0.3) is 11.8 Å². The number of amides is 2. The summed E-state index contributed by atoms with van der Waals surface area (Å²) in [6.07, 6.45) is 10.9. The predicted octanol–water partition coefficient (Wildman–Crippen LogP) is 1.85. The van der Waals surface area contributed by atoms with Crippen molar-refractivity contribution in [3.8, 4) is 5.75 Å². The van der Waals surface area contributed by atoms with Crippen LogP contribution in [0.25, 0.3) is 5.57 Å². The molecule has 1 aromatic carbocycles. The highest BCUT2D eigenvalue weighted by molar-refractivity contribution is 6.37. The van der Waals surface area contributed by atoms with Crippen molar-refractivity contribution in [2.45, 2.75) is 12.1 Å². The van der Waals surface area contributed by atoms with Gasteiger partial charge in [-0.15, -0.1) is 0 Å². The second-order valence-electron chi connectivity index (χ2n) is 8.26. The van der Waals surface area contributed by atoms with Gasteiger partial charge >= 0.3 is 0 Å². The Labute approximate surface area is 187 Å². The molecule has 1 aliphatic carbocycles. The van der Waals surface area contributed by atoms with Crippen LogP contribution in [0.3, 0.4) is 0 Å². The van der Waals surface area contributed by atoms with Gasteiger partial charge in [-0.1, -0.05) is 49.1 Å². The lowest BCUT2D eigenvalue weighted by molar-refractivity contribution is -0.123. The second-order valence-corrected chi connectivity index (χ2v) is 8.26. The van der Waals surface area contributed by atoms with Crippen molar-refractivity contribution >= 4 is 17.4 Å². The summed E-state index contributed by atoms with van der Waals surface area (Å²) < 4.78 is 5.88. The first kappa shape index (κ1) is 21.8. The monoisotopic (exact) mass is 433 g/mol. The number of hydrogen-bond acceptors (Lipinski definition) is 6. The highest BCUT2D eigenvalue weighted by atomic mass is 16.5. The maximum atomic E-state index is 12.9. The van der Waals surface area contributed by atoms with E-state index in [1.54, 1.807) is 30.5 Å². The zero-order chi connectivity index (χ0) is 22.8. The van der Waals surface area contributed by atoms with Crippen molar-refractivity contribution in [3.63, 3.8) is 0 Å². The van der Waals surface area contributed by atoms with Crippen molar-refractivity contribution < 1.29 is 19.4 Å². The zero-order valence-corrected chi connectivity index (χ0v) is 18.2. The fraction of sp³-hybridized carbons (Fsp3) is 0.280. The maximum absolute atomic E-state index is 12.9. The molecule has 32 heavy (non-hydrogen) atoms. The number of likely N-dealkylation sites (N-methyl/N-ethyl adjacent to an activating group) is 1. The van der Waals surface area contributed by atoms with Crippen LogP contribution in [0.2, 0.25) is 0 Å². The highest BCUT2D eigenvalue weighted by Gasteiger charge is 2.41. The summed E-state index contributed by atoms with van der Waals surface area (Å²) in [5.74, 6) is -0.516. The number of fused-ring (bicyclic) bond motifs is 1. The average molecular weight is 434 g/mol. The van der Waals surface area contributed by atoms with E-state index in [0.29, 0.717) is 23.4 Å². The number of aliphatic hydroxyl groups excluding tert-OH is 1. The Hall–Kier alpha value is -3.42. The topological polar surface area (TPSA) is 82.1 Å². The SMILES string of the molecule is C=CN1C=C(C2=C(c3ccccc3OCC(O)CN(C)C)C(=O)NC2=O)C2C=CC=CC21. The van der Waals surface area contributed by atoms with Gasteiger partial charge in [-0.3, -0.25) is 14.9 Å². The molecule has 0 aromatic heterocycles. The first-order valence-corrected chi connectivity index (χ1v) is 10.5. The Bertz CT molecular complexity index is 1070. The molecule has 2 heterocycles. The normalized spacial score (nSPS) is 22.9. The van der Waals surface area contributed by atoms with Gasteiger partial charge in [0, 0.05) is 24.2 Å². The number of imide groups is 1. The highest BCUT2D eigenvalue weighted by Crippen LogP contribution is 2.42. The van der Waals surface area contributed by atoms with Gasteiger partial charge in [0.05, 0.1) is 17.2 Å². The number of benzene rings is 1. The van der Waals surface area contributed by atoms with E-state index in [0.717, 1.165) is 5.57 Å². The number of rotatable bonds is 8. The molecule has 7 nitrogen and oxygen atoms in total. The Balaban J connectivity index is 1.74. The maximum Gasteiger partial charge on any atom is 0.259 e. The van der Waals surface area contributed by atoms with Crippen LogP contribution in [0.5, 0.6) is 5.75 Å². The quantitative estimate of drug-likeness (QED) is 0.609. The first-order valence-electron chi connectivity index (χ1n) is 10.5.